The van der Waals surface area contributed by atoms with Gasteiger partial charge in [0.15, 0.2) is 0 Å². The first kappa shape index (κ1) is 42.9. The Kier molecular flexibility index (Phi) is 15.3. The van der Waals surface area contributed by atoms with E-state index in [1.54, 1.807) is 35.8 Å². The van der Waals surface area contributed by atoms with Crippen LogP contribution in [0.2, 0.25) is 0 Å². The van der Waals surface area contributed by atoms with Gasteiger partial charge in [-0.1, -0.05) is 86.5 Å². The molecular weight excluding hydrogens is 993 g/mol. The third-order valence-electron chi connectivity index (χ3n) is 9.49. The number of hydrogen-bond acceptors (Lipinski definition) is 3. The number of hydrogen-bond donors (Lipinski definition) is 0. The van der Waals surface area contributed by atoms with Crippen LogP contribution >= 0.6 is 77.1 Å². The van der Waals surface area contributed by atoms with E-state index >= 15 is 0 Å². The fourth-order valence-electron chi connectivity index (χ4n) is 6.27. The molecule has 0 bridgehead atoms. The van der Waals surface area contributed by atoms with E-state index in [9.17, 15) is 8.78 Å². The van der Waals surface area contributed by atoms with Gasteiger partial charge in [0.05, 0.1) is 7.11 Å². The Balaban J connectivity index is 0.000000145. The second-order valence-electron chi connectivity index (χ2n) is 13.7. The molecule has 290 valence electrons. The third-order valence-corrected chi connectivity index (χ3v) is 13.8. The summed E-state index contributed by atoms with van der Waals surface area (Å²) in [7, 11) is 1.69. The van der Waals surface area contributed by atoms with Crippen LogP contribution in [0.4, 0.5) is 8.78 Å². The molecule has 6 aromatic carbocycles. The van der Waals surface area contributed by atoms with Gasteiger partial charge in [-0.05, 0) is 185 Å². The minimum absolute atomic E-state index is 0.143. The lowest BCUT2D eigenvalue weighted by atomic mass is 9.99. The third kappa shape index (κ3) is 12.2. The van der Waals surface area contributed by atoms with E-state index in [4.69, 9.17) is 4.74 Å². The summed E-state index contributed by atoms with van der Waals surface area (Å²) < 4.78 is 36.5. The van der Waals surface area contributed by atoms with Gasteiger partial charge in [0, 0.05) is 44.7 Å². The number of halogens is 5. The highest BCUT2D eigenvalue weighted by molar-refractivity contribution is 14.1. The zero-order valence-corrected chi connectivity index (χ0v) is 39.0. The van der Waals surface area contributed by atoms with Crippen LogP contribution < -0.4 is 4.74 Å². The molecule has 0 aliphatic carbocycles. The fraction of sp³-hybridized carbons (Fsp3) is 0.143. The zero-order valence-electron chi connectivity index (χ0n) is 32.0. The molecule has 0 saturated carbocycles. The average Bonchev–Trinajstić information content (AvgIpc) is 3.85. The lowest BCUT2D eigenvalue weighted by Gasteiger charge is -2.09. The standard InChI is InChI=1S/C18H14FIS.C16H17BrO.C15H10BrFS/c1-12-2-7-16(20)10-14(12)11-17-8-9-18(21-17)13-3-5-15(19)6-4-13;1-11-8-12(2)16(17)10-14(11)9-13-4-6-15(18-3)7-5-13;16-12-5-6-14(17)11(7-12)9-13-8-10-3-1-2-4-15(10)18-13/h2-10H,11H2,1H3;4-8,10H,9H2,1-3H3;1-8H,9H2. The predicted octanol–water partition coefficient (Wildman–Crippen LogP) is 16.1. The monoisotopic (exact) mass is 1030 g/mol. The van der Waals surface area contributed by atoms with Crippen molar-refractivity contribution >= 4 is 87.2 Å². The molecule has 0 fully saturated rings. The Hall–Kier alpha value is -3.67. The molecule has 57 heavy (non-hydrogen) atoms. The fourth-order valence-corrected chi connectivity index (χ4v) is 9.75. The van der Waals surface area contributed by atoms with Crippen LogP contribution in [-0.2, 0) is 19.3 Å². The van der Waals surface area contributed by atoms with Crippen LogP contribution in [0.1, 0.15) is 48.7 Å². The summed E-state index contributed by atoms with van der Waals surface area (Å²) in [5.74, 6) is 0.571. The van der Waals surface area contributed by atoms with E-state index in [2.05, 4.69) is 148 Å². The maximum Gasteiger partial charge on any atom is 0.126 e. The minimum Gasteiger partial charge on any atom is -0.497 e. The molecule has 2 aromatic heterocycles. The van der Waals surface area contributed by atoms with E-state index < -0.39 is 0 Å². The average molecular weight is 1030 g/mol. The van der Waals surface area contributed by atoms with Crippen molar-refractivity contribution in [1.29, 1.82) is 0 Å². The molecule has 0 spiro atoms. The van der Waals surface area contributed by atoms with Gasteiger partial charge < -0.3 is 4.74 Å². The van der Waals surface area contributed by atoms with Crippen LogP contribution in [0, 0.1) is 36.0 Å². The number of aryl methyl sites for hydroxylation is 3. The molecule has 8 rings (SSSR count). The second kappa shape index (κ2) is 20.3. The van der Waals surface area contributed by atoms with Gasteiger partial charge in [0.2, 0.25) is 0 Å². The molecule has 0 radical (unpaired) electrons. The van der Waals surface area contributed by atoms with E-state index in [0.717, 1.165) is 34.2 Å². The summed E-state index contributed by atoms with van der Waals surface area (Å²) in [4.78, 5) is 3.71. The minimum atomic E-state index is -0.190. The van der Waals surface area contributed by atoms with Gasteiger partial charge in [-0.2, -0.15) is 0 Å². The lowest BCUT2D eigenvalue weighted by molar-refractivity contribution is 0.414. The molecule has 0 amide bonds. The summed E-state index contributed by atoms with van der Waals surface area (Å²) in [6.07, 6.45) is 2.55. The largest absolute Gasteiger partial charge is 0.497 e. The van der Waals surface area contributed by atoms with E-state index in [0.29, 0.717) is 6.42 Å². The first-order valence-corrected chi connectivity index (χ1v) is 22.6. The molecule has 0 aliphatic rings. The molecule has 0 atom stereocenters. The van der Waals surface area contributed by atoms with Gasteiger partial charge in [0.25, 0.3) is 0 Å². The van der Waals surface area contributed by atoms with Gasteiger partial charge in [0.1, 0.15) is 17.4 Å². The van der Waals surface area contributed by atoms with Crippen molar-refractivity contribution in [3.63, 3.8) is 0 Å². The molecule has 2 heterocycles. The summed E-state index contributed by atoms with van der Waals surface area (Å²) in [5, 5.41) is 1.23. The van der Waals surface area contributed by atoms with Crippen LogP contribution in [-0.4, -0.2) is 7.11 Å². The molecule has 0 N–H and O–H groups in total. The number of rotatable bonds is 8. The molecule has 0 saturated heterocycles. The molecule has 8 aromatic rings. The zero-order chi connectivity index (χ0) is 40.5. The van der Waals surface area contributed by atoms with E-state index in [-0.39, 0.29) is 11.6 Å². The Morgan fingerprint density at radius 3 is 2.05 bits per heavy atom. The second-order valence-corrected chi connectivity index (χ2v) is 19.1. The SMILES string of the molecule is COc1ccc(Cc2cc(Br)c(C)cc2C)cc1.Cc1ccc(I)cc1Cc1ccc(-c2ccc(F)cc2)s1.Fc1ccc(Br)cc1Cc1cc2ccccc2s1. The summed E-state index contributed by atoms with van der Waals surface area (Å²) >= 11 is 12.8. The highest BCUT2D eigenvalue weighted by Crippen LogP contribution is 2.31. The van der Waals surface area contributed by atoms with Crippen molar-refractivity contribution in [1.82, 2.24) is 0 Å². The van der Waals surface area contributed by atoms with Gasteiger partial charge in [-0.15, -0.1) is 22.7 Å². The lowest BCUT2D eigenvalue weighted by Crippen LogP contribution is -1.94. The number of fused-ring (bicyclic) bond motifs is 1. The number of thiophene rings is 2. The highest BCUT2D eigenvalue weighted by atomic mass is 127. The number of methoxy groups -OCH3 is 1. The van der Waals surface area contributed by atoms with Crippen LogP contribution in [0.5, 0.6) is 5.75 Å². The van der Waals surface area contributed by atoms with E-state index in [1.807, 2.05) is 42.5 Å². The topological polar surface area (TPSA) is 9.23 Å². The molecule has 1 nitrogen and oxygen atoms in total. The van der Waals surface area contributed by atoms with Crippen LogP contribution in [0.3, 0.4) is 0 Å². The summed E-state index contributed by atoms with van der Waals surface area (Å²) in [5.41, 5.74) is 9.79. The van der Waals surface area contributed by atoms with Crippen molar-refractivity contribution < 1.29 is 13.5 Å². The molecular formula is C49H41Br2F2IOS2. The highest BCUT2D eigenvalue weighted by Gasteiger charge is 2.09. The quantitative estimate of drug-likeness (QED) is 0.138. The Morgan fingerprint density at radius 1 is 0.596 bits per heavy atom. The Morgan fingerprint density at radius 2 is 1.32 bits per heavy atom. The smallest absolute Gasteiger partial charge is 0.126 e. The van der Waals surface area contributed by atoms with Crippen molar-refractivity contribution in [2.75, 3.05) is 7.11 Å². The normalized spacial score (nSPS) is 10.8. The number of benzene rings is 6. The first-order chi connectivity index (χ1) is 27.4. The summed E-state index contributed by atoms with van der Waals surface area (Å²) in [6, 6.07) is 45.7. The van der Waals surface area contributed by atoms with Gasteiger partial charge in [-0.3, -0.25) is 0 Å². The first-order valence-electron chi connectivity index (χ1n) is 18.3. The van der Waals surface area contributed by atoms with Crippen molar-refractivity contribution in [2.45, 2.75) is 40.0 Å². The van der Waals surface area contributed by atoms with Crippen LogP contribution in [0.25, 0.3) is 20.5 Å². The van der Waals surface area contributed by atoms with Crippen LogP contribution in [0.15, 0.2) is 148 Å². The Labute approximate surface area is 373 Å². The molecule has 0 unspecified atom stereocenters. The predicted molar refractivity (Wildman–Crippen MR) is 255 cm³/mol. The van der Waals surface area contributed by atoms with E-state index in [1.165, 1.54) is 84.3 Å². The van der Waals surface area contributed by atoms with Crippen molar-refractivity contribution in [3.05, 3.63) is 212 Å². The summed E-state index contributed by atoms with van der Waals surface area (Å²) in [6.45, 7) is 6.44. The van der Waals surface area contributed by atoms with Gasteiger partial charge in [-0.25, -0.2) is 8.78 Å². The number of ether oxygens (including phenoxy) is 1. The van der Waals surface area contributed by atoms with Crippen molar-refractivity contribution in [3.8, 4) is 16.2 Å². The maximum absolute atomic E-state index is 13.7. The van der Waals surface area contributed by atoms with Crippen molar-refractivity contribution in [2.24, 2.45) is 0 Å². The van der Waals surface area contributed by atoms with Gasteiger partial charge >= 0.3 is 0 Å². The molecule has 0 aliphatic heterocycles. The molecule has 8 heteroatoms. The maximum atomic E-state index is 13.7. The Bertz CT molecular complexity index is 2550.